The van der Waals surface area contributed by atoms with E-state index in [0.717, 1.165) is 5.56 Å². The molecule has 0 saturated heterocycles. The molecule has 0 aliphatic carbocycles. The lowest BCUT2D eigenvalue weighted by Gasteiger charge is -2.09. The summed E-state index contributed by atoms with van der Waals surface area (Å²) in [7, 11) is 0. The van der Waals surface area contributed by atoms with Crippen molar-refractivity contribution in [1.82, 2.24) is 15.2 Å². The molecule has 2 aromatic carbocycles. The van der Waals surface area contributed by atoms with Crippen molar-refractivity contribution in [3.63, 3.8) is 0 Å². The Balaban J connectivity index is 2.08. The SMILES string of the molecule is O=C(O)c1cc(-c2cc(Br)ccc2F)c2c(-c3ccc(Cl)cc3)[nH]nc2n1. The second kappa shape index (κ2) is 6.75. The molecule has 2 N–H and O–H groups in total. The molecule has 5 nitrogen and oxygen atoms in total. The van der Waals surface area contributed by atoms with Crippen LogP contribution < -0.4 is 0 Å². The monoisotopic (exact) mass is 445 g/mol. The standard InChI is InChI=1S/C19H10BrClFN3O2/c20-10-3-6-14(22)12(7-10)13-8-15(19(26)27)23-18-16(13)17(24-25-18)9-1-4-11(21)5-2-9/h1-8H,(H,26,27)(H,23,24,25). The molecule has 8 heteroatoms. The minimum Gasteiger partial charge on any atom is -0.477 e. The lowest BCUT2D eigenvalue weighted by molar-refractivity contribution is 0.0691. The van der Waals surface area contributed by atoms with Crippen LogP contribution in [-0.2, 0) is 0 Å². The van der Waals surface area contributed by atoms with E-state index < -0.39 is 11.8 Å². The van der Waals surface area contributed by atoms with Gasteiger partial charge in [-0.05, 0) is 36.4 Å². The summed E-state index contributed by atoms with van der Waals surface area (Å²) in [5.41, 5.74) is 1.97. The van der Waals surface area contributed by atoms with Gasteiger partial charge in [-0.1, -0.05) is 39.7 Å². The van der Waals surface area contributed by atoms with E-state index >= 15 is 0 Å². The molecule has 0 amide bonds. The Morgan fingerprint density at radius 1 is 1.11 bits per heavy atom. The highest BCUT2D eigenvalue weighted by Gasteiger charge is 2.20. The number of carbonyl (C=O) groups is 1. The van der Waals surface area contributed by atoms with E-state index in [-0.39, 0.29) is 16.9 Å². The summed E-state index contributed by atoms with van der Waals surface area (Å²) in [5.74, 6) is -1.70. The molecule has 134 valence electrons. The molecule has 0 spiro atoms. The van der Waals surface area contributed by atoms with Gasteiger partial charge in [-0.15, -0.1) is 0 Å². The predicted octanol–water partition coefficient (Wildman–Crippen LogP) is 5.55. The highest BCUT2D eigenvalue weighted by molar-refractivity contribution is 9.10. The third kappa shape index (κ3) is 3.20. The summed E-state index contributed by atoms with van der Waals surface area (Å²) in [4.78, 5) is 15.6. The first-order chi connectivity index (χ1) is 12.9. The van der Waals surface area contributed by atoms with Crippen molar-refractivity contribution in [3.8, 4) is 22.4 Å². The molecule has 0 aliphatic heterocycles. The van der Waals surface area contributed by atoms with E-state index in [0.29, 0.717) is 26.1 Å². The van der Waals surface area contributed by atoms with Crippen LogP contribution in [0.2, 0.25) is 5.02 Å². The maximum Gasteiger partial charge on any atom is 0.354 e. The maximum absolute atomic E-state index is 14.6. The van der Waals surface area contributed by atoms with E-state index in [1.807, 2.05) is 0 Å². The van der Waals surface area contributed by atoms with Crippen molar-refractivity contribution in [3.05, 3.63) is 69.5 Å². The van der Waals surface area contributed by atoms with Crippen LogP contribution in [0.15, 0.2) is 53.0 Å². The van der Waals surface area contributed by atoms with Crippen LogP contribution in [0.4, 0.5) is 4.39 Å². The summed E-state index contributed by atoms with van der Waals surface area (Å²) in [6, 6.07) is 12.9. The van der Waals surface area contributed by atoms with Gasteiger partial charge in [0.15, 0.2) is 11.3 Å². The number of carboxylic acids is 1. The topological polar surface area (TPSA) is 78.9 Å². The fourth-order valence-corrected chi connectivity index (χ4v) is 3.36. The van der Waals surface area contributed by atoms with E-state index in [2.05, 4.69) is 31.1 Å². The second-order valence-corrected chi connectivity index (χ2v) is 7.14. The van der Waals surface area contributed by atoms with Crippen molar-refractivity contribution in [2.75, 3.05) is 0 Å². The first-order valence-electron chi connectivity index (χ1n) is 7.78. The molecule has 27 heavy (non-hydrogen) atoms. The zero-order valence-corrected chi connectivity index (χ0v) is 15.8. The van der Waals surface area contributed by atoms with Crippen molar-refractivity contribution >= 4 is 44.5 Å². The third-order valence-corrected chi connectivity index (χ3v) is 4.84. The van der Waals surface area contributed by atoms with Gasteiger partial charge >= 0.3 is 5.97 Å². The van der Waals surface area contributed by atoms with Crippen molar-refractivity contribution in [1.29, 1.82) is 0 Å². The minimum atomic E-state index is -1.22. The molecule has 4 rings (SSSR count). The van der Waals surface area contributed by atoms with Crippen LogP contribution in [0.5, 0.6) is 0 Å². The highest BCUT2D eigenvalue weighted by atomic mass is 79.9. The molecule has 0 saturated carbocycles. The predicted molar refractivity (Wildman–Crippen MR) is 104 cm³/mol. The van der Waals surface area contributed by atoms with Gasteiger partial charge in [-0.3, -0.25) is 5.10 Å². The van der Waals surface area contributed by atoms with Crippen LogP contribution >= 0.6 is 27.5 Å². The van der Waals surface area contributed by atoms with Gasteiger partial charge in [-0.2, -0.15) is 5.10 Å². The Bertz CT molecular complexity index is 1190. The number of benzene rings is 2. The molecule has 0 aliphatic rings. The largest absolute Gasteiger partial charge is 0.477 e. The number of hydrogen-bond donors (Lipinski definition) is 2. The number of nitrogens with zero attached hydrogens (tertiary/aromatic N) is 2. The van der Waals surface area contributed by atoms with Crippen molar-refractivity contribution in [2.24, 2.45) is 0 Å². The van der Waals surface area contributed by atoms with E-state index in [1.54, 1.807) is 36.4 Å². The van der Waals surface area contributed by atoms with E-state index in [1.165, 1.54) is 12.1 Å². The van der Waals surface area contributed by atoms with Gasteiger partial charge in [-0.25, -0.2) is 14.2 Å². The molecule has 2 aromatic heterocycles. The Morgan fingerprint density at radius 2 is 1.85 bits per heavy atom. The van der Waals surface area contributed by atoms with Crippen LogP contribution in [0.1, 0.15) is 10.5 Å². The number of fused-ring (bicyclic) bond motifs is 1. The van der Waals surface area contributed by atoms with Gasteiger partial charge in [0.1, 0.15) is 5.82 Å². The molecular formula is C19H10BrClFN3O2. The summed E-state index contributed by atoms with van der Waals surface area (Å²) >= 11 is 9.28. The molecule has 0 radical (unpaired) electrons. The fraction of sp³-hybridized carbons (Fsp3) is 0. The number of aromatic carboxylic acids is 1. The van der Waals surface area contributed by atoms with Gasteiger partial charge in [0.05, 0.1) is 11.1 Å². The van der Waals surface area contributed by atoms with Gasteiger partial charge in [0.25, 0.3) is 0 Å². The van der Waals surface area contributed by atoms with Crippen LogP contribution in [-0.4, -0.2) is 26.3 Å². The number of hydrogen-bond acceptors (Lipinski definition) is 3. The Morgan fingerprint density at radius 3 is 2.56 bits per heavy atom. The number of halogens is 3. The number of carboxylic acid groups (broad SMARTS) is 1. The number of rotatable bonds is 3. The number of nitrogens with one attached hydrogen (secondary N) is 1. The second-order valence-electron chi connectivity index (χ2n) is 5.79. The van der Waals surface area contributed by atoms with Crippen LogP contribution in [0, 0.1) is 5.82 Å². The van der Waals surface area contributed by atoms with E-state index in [9.17, 15) is 14.3 Å². The molecular weight excluding hydrogens is 437 g/mol. The fourth-order valence-electron chi connectivity index (χ4n) is 2.88. The van der Waals surface area contributed by atoms with E-state index in [4.69, 9.17) is 11.6 Å². The molecule has 2 heterocycles. The normalized spacial score (nSPS) is 11.1. The van der Waals surface area contributed by atoms with Crippen molar-refractivity contribution in [2.45, 2.75) is 0 Å². The Hall–Kier alpha value is -2.77. The zero-order chi connectivity index (χ0) is 19.1. The Labute approximate surface area is 166 Å². The van der Waals surface area contributed by atoms with Crippen LogP contribution in [0.25, 0.3) is 33.4 Å². The quantitative estimate of drug-likeness (QED) is 0.433. The lowest BCUT2D eigenvalue weighted by atomic mass is 9.98. The highest BCUT2D eigenvalue weighted by Crippen LogP contribution is 2.37. The van der Waals surface area contributed by atoms with Gasteiger partial charge in [0.2, 0.25) is 0 Å². The zero-order valence-electron chi connectivity index (χ0n) is 13.5. The summed E-state index contributed by atoms with van der Waals surface area (Å²) in [5, 5.41) is 17.5. The molecule has 4 aromatic rings. The Kier molecular flexibility index (Phi) is 4.41. The van der Waals surface area contributed by atoms with Crippen molar-refractivity contribution < 1.29 is 14.3 Å². The maximum atomic E-state index is 14.6. The number of aromatic nitrogens is 3. The average Bonchev–Trinajstić information content (AvgIpc) is 3.07. The minimum absolute atomic E-state index is 0.189. The molecule has 0 bridgehead atoms. The smallest absolute Gasteiger partial charge is 0.354 e. The number of H-pyrrole nitrogens is 1. The van der Waals surface area contributed by atoms with Gasteiger partial charge in [0, 0.05) is 26.2 Å². The first-order valence-corrected chi connectivity index (χ1v) is 8.95. The average molecular weight is 447 g/mol. The van der Waals surface area contributed by atoms with Crippen LogP contribution in [0.3, 0.4) is 0 Å². The molecule has 0 unspecified atom stereocenters. The summed E-state index contributed by atoms with van der Waals surface area (Å²) in [6.45, 7) is 0. The summed E-state index contributed by atoms with van der Waals surface area (Å²) < 4.78 is 15.2. The summed E-state index contributed by atoms with van der Waals surface area (Å²) in [6.07, 6.45) is 0. The molecule has 0 atom stereocenters. The first kappa shape index (κ1) is 17.6. The lowest BCUT2D eigenvalue weighted by Crippen LogP contribution is -2.01. The molecule has 0 fully saturated rings. The number of aromatic amines is 1. The number of pyridine rings is 1. The third-order valence-electron chi connectivity index (χ3n) is 4.09. The van der Waals surface area contributed by atoms with Gasteiger partial charge < -0.3 is 5.11 Å².